The Hall–Kier alpha value is 0.0500. The van der Waals surface area contributed by atoms with Crippen molar-refractivity contribution in [3.8, 4) is 0 Å². The summed E-state index contributed by atoms with van der Waals surface area (Å²) >= 11 is 4.56. The molecule has 0 aromatic carbocycles. The summed E-state index contributed by atoms with van der Waals surface area (Å²) in [7, 11) is -3.38. The summed E-state index contributed by atoms with van der Waals surface area (Å²) in [5.41, 5.74) is 0.938. The van der Waals surface area contributed by atoms with Gasteiger partial charge in [0.1, 0.15) is 4.21 Å². The molecule has 1 aromatic heterocycles. The highest BCUT2D eigenvalue weighted by atomic mass is 79.9. The molecule has 0 radical (unpaired) electrons. The van der Waals surface area contributed by atoms with E-state index in [9.17, 15) is 8.42 Å². The van der Waals surface area contributed by atoms with E-state index < -0.39 is 10.0 Å². The van der Waals surface area contributed by atoms with Crippen molar-refractivity contribution in [1.82, 2.24) is 4.72 Å². The quantitative estimate of drug-likeness (QED) is 0.679. The Bertz CT molecular complexity index is 466. The average Bonchev–Trinajstić information content (AvgIpc) is 2.69. The lowest BCUT2D eigenvalue weighted by Crippen LogP contribution is -2.24. The van der Waals surface area contributed by atoms with Gasteiger partial charge < -0.3 is 4.74 Å². The summed E-state index contributed by atoms with van der Waals surface area (Å²) in [6.45, 7) is 5.73. The highest BCUT2D eigenvalue weighted by Crippen LogP contribution is 2.30. The molecule has 110 valence electrons. The van der Waals surface area contributed by atoms with Crippen molar-refractivity contribution in [1.29, 1.82) is 0 Å². The molecule has 4 nitrogen and oxygen atoms in total. The minimum absolute atomic E-state index is 0.351. The fraction of sp³-hybridized carbons (Fsp3) is 0.667. The zero-order valence-electron chi connectivity index (χ0n) is 11.2. The van der Waals surface area contributed by atoms with Crippen molar-refractivity contribution in [2.75, 3.05) is 19.8 Å². The minimum atomic E-state index is -3.38. The van der Waals surface area contributed by atoms with Gasteiger partial charge >= 0.3 is 0 Å². The second kappa shape index (κ2) is 8.36. The van der Waals surface area contributed by atoms with E-state index in [1.165, 1.54) is 11.3 Å². The molecule has 0 amide bonds. The van der Waals surface area contributed by atoms with Gasteiger partial charge in [-0.05, 0) is 47.3 Å². The maximum absolute atomic E-state index is 12.0. The van der Waals surface area contributed by atoms with Crippen LogP contribution in [0.4, 0.5) is 0 Å². The number of hydrogen-bond donors (Lipinski definition) is 1. The molecular weight excluding hydrogens is 350 g/mol. The molecule has 0 fully saturated rings. The molecule has 1 N–H and O–H groups in total. The van der Waals surface area contributed by atoms with Gasteiger partial charge in [0.25, 0.3) is 0 Å². The number of halogens is 1. The maximum atomic E-state index is 12.0. The van der Waals surface area contributed by atoms with Gasteiger partial charge in [-0.3, -0.25) is 0 Å². The number of aryl methyl sites for hydroxylation is 1. The van der Waals surface area contributed by atoms with Crippen molar-refractivity contribution in [3.05, 3.63) is 15.4 Å². The van der Waals surface area contributed by atoms with E-state index in [1.807, 2.05) is 6.92 Å². The van der Waals surface area contributed by atoms with Crippen molar-refractivity contribution in [3.63, 3.8) is 0 Å². The van der Waals surface area contributed by atoms with E-state index in [0.717, 1.165) is 28.8 Å². The lowest BCUT2D eigenvalue weighted by molar-refractivity contribution is 0.130. The first-order chi connectivity index (χ1) is 8.97. The molecule has 1 heterocycles. The Morgan fingerprint density at radius 3 is 2.63 bits per heavy atom. The predicted octanol–water partition coefficient (Wildman–Crippen LogP) is 3.30. The van der Waals surface area contributed by atoms with Crippen LogP contribution in [0.3, 0.4) is 0 Å². The van der Waals surface area contributed by atoms with Crippen molar-refractivity contribution in [2.24, 2.45) is 0 Å². The van der Waals surface area contributed by atoms with Crippen LogP contribution < -0.4 is 4.72 Å². The summed E-state index contributed by atoms with van der Waals surface area (Å²) < 4.78 is 33.1. The molecule has 0 atom stereocenters. The van der Waals surface area contributed by atoms with Crippen LogP contribution in [0.2, 0.25) is 0 Å². The van der Waals surface area contributed by atoms with E-state index >= 15 is 0 Å². The van der Waals surface area contributed by atoms with E-state index in [0.29, 0.717) is 23.8 Å². The van der Waals surface area contributed by atoms with E-state index in [-0.39, 0.29) is 0 Å². The summed E-state index contributed by atoms with van der Waals surface area (Å²) in [6, 6.07) is 1.68. The average molecular weight is 370 g/mol. The monoisotopic (exact) mass is 369 g/mol. The molecule has 0 unspecified atom stereocenters. The summed E-state index contributed by atoms with van der Waals surface area (Å²) in [4.78, 5) is 0. The summed E-state index contributed by atoms with van der Waals surface area (Å²) in [6.07, 6.45) is 2.85. The molecule has 7 heteroatoms. The van der Waals surface area contributed by atoms with Crippen LogP contribution in [0, 0.1) is 6.92 Å². The lowest BCUT2D eigenvalue weighted by Gasteiger charge is -2.05. The molecule has 0 aliphatic carbocycles. The van der Waals surface area contributed by atoms with Crippen LogP contribution in [0.15, 0.2) is 14.1 Å². The van der Waals surface area contributed by atoms with Crippen LogP contribution >= 0.6 is 27.3 Å². The fourth-order valence-electron chi connectivity index (χ4n) is 1.36. The third kappa shape index (κ3) is 5.91. The largest absolute Gasteiger partial charge is 0.381 e. The predicted molar refractivity (Wildman–Crippen MR) is 82.3 cm³/mol. The molecule has 0 aliphatic rings. The lowest BCUT2D eigenvalue weighted by atomic mass is 10.4. The van der Waals surface area contributed by atoms with Crippen LogP contribution in [-0.2, 0) is 14.8 Å². The van der Waals surface area contributed by atoms with Crippen LogP contribution in [0.25, 0.3) is 0 Å². The normalized spacial score (nSPS) is 11.9. The van der Waals surface area contributed by atoms with E-state index in [2.05, 4.69) is 27.6 Å². The molecule has 0 aliphatic heterocycles. The topological polar surface area (TPSA) is 55.4 Å². The minimum Gasteiger partial charge on any atom is -0.381 e. The van der Waals surface area contributed by atoms with Crippen LogP contribution in [-0.4, -0.2) is 28.2 Å². The van der Waals surface area contributed by atoms with Gasteiger partial charge in [-0.2, -0.15) is 0 Å². The van der Waals surface area contributed by atoms with Crippen LogP contribution in [0.5, 0.6) is 0 Å². The number of thiophene rings is 1. The number of nitrogens with one attached hydrogen (secondary N) is 1. The van der Waals surface area contributed by atoms with Gasteiger partial charge in [0.2, 0.25) is 10.0 Å². The first kappa shape index (κ1) is 17.1. The third-order valence-corrected chi connectivity index (χ3v) is 6.57. The van der Waals surface area contributed by atoms with Crippen molar-refractivity contribution >= 4 is 37.3 Å². The number of ether oxygens (including phenoxy) is 1. The smallest absolute Gasteiger partial charge is 0.250 e. The SMILES string of the molecule is CCCCOCCCNS(=O)(=O)c1cc(C)c(Br)s1. The van der Waals surface area contributed by atoms with E-state index in [1.54, 1.807) is 6.07 Å². The molecule has 1 rings (SSSR count). The molecule has 0 bridgehead atoms. The molecular formula is C12H20BrNO3S2. The van der Waals surface area contributed by atoms with Crippen LogP contribution in [0.1, 0.15) is 31.7 Å². The Balaban J connectivity index is 2.32. The van der Waals surface area contributed by atoms with Crippen molar-refractivity contribution < 1.29 is 13.2 Å². The molecule has 19 heavy (non-hydrogen) atoms. The number of unbranched alkanes of at least 4 members (excludes halogenated alkanes) is 1. The Morgan fingerprint density at radius 2 is 2.05 bits per heavy atom. The zero-order valence-corrected chi connectivity index (χ0v) is 14.5. The maximum Gasteiger partial charge on any atom is 0.250 e. The van der Waals surface area contributed by atoms with Gasteiger partial charge in [0.05, 0.1) is 3.79 Å². The summed E-state index contributed by atoms with van der Waals surface area (Å²) in [5, 5.41) is 0. The van der Waals surface area contributed by atoms with Crippen molar-refractivity contribution in [2.45, 2.75) is 37.3 Å². The second-order valence-corrected chi connectivity index (χ2v) is 8.60. The standard InChI is InChI=1S/C12H20BrNO3S2/c1-3-4-7-17-8-5-6-14-19(15,16)11-9-10(2)12(13)18-11/h9,14H,3-8H2,1-2H3. The molecule has 0 saturated heterocycles. The van der Waals surface area contributed by atoms with E-state index in [4.69, 9.17) is 4.74 Å². The molecule has 0 saturated carbocycles. The molecule has 1 aromatic rings. The second-order valence-electron chi connectivity index (χ2n) is 4.24. The first-order valence-electron chi connectivity index (χ1n) is 6.30. The van der Waals surface area contributed by atoms with Gasteiger partial charge in [-0.1, -0.05) is 13.3 Å². The van der Waals surface area contributed by atoms with Gasteiger partial charge in [0, 0.05) is 19.8 Å². The van der Waals surface area contributed by atoms with Gasteiger partial charge in [0.15, 0.2) is 0 Å². The highest BCUT2D eigenvalue weighted by molar-refractivity contribution is 9.11. The number of hydrogen-bond acceptors (Lipinski definition) is 4. The zero-order chi connectivity index (χ0) is 14.3. The Kier molecular flexibility index (Phi) is 7.53. The highest BCUT2D eigenvalue weighted by Gasteiger charge is 2.17. The Labute approximate surface area is 127 Å². The third-order valence-electron chi connectivity index (χ3n) is 2.50. The number of rotatable bonds is 9. The first-order valence-corrected chi connectivity index (χ1v) is 9.40. The Morgan fingerprint density at radius 1 is 1.37 bits per heavy atom. The fourth-order valence-corrected chi connectivity index (χ4v) is 4.71. The van der Waals surface area contributed by atoms with Gasteiger partial charge in [-0.15, -0.1) is 11.3 Å². The summed E-state index contributed by atoms with van der Waals surface area (Å²) in [5.74, 6) is 0. The van der Waals surface area contributed by atoms with Gasteiger partial charge in [-0.25, -0.2) is 13.1 Å². The molecule has 0 spiro atoms. The number of sulfonamides is 1.